The molecular weight excluding hydrogens is 298 g/mol. The molecule has 2 atom stereocenters. The molecule has 0 aromatic carbocycles. The third-order valence-electron chi connectivity index (χ3n) is 4.00. The molecule has 124 valence electrons. The molecule has 1 amide bonds. The van der Waals surface area contributed by atoms with Crippen molar-refractivity contribution in [1.82, 2.24) is 4.90 Å². The minimum absolute atomic E-state index is 0.0319. The predicted octanol–water partition coefficient (Wildman–Crippen LogP) is 1.68. The maximum Gasteiger partial charge on any atom is 0.410 e. The van der Waals surface area contributed by atoms with Crippen LogP contribution in [0.3, 0.4) is 0 Å². The molecule has 0 saturated carbocycles. The van der Waals surface area contributed by atoms with Gasteiger partial charge in [0, 0.05) is 18.5 Å². The van der Waals surface area contributed by atoms with E-state index in [1.54, 1.807) is 20.8 Å². The first-order valence-corrected chi connectivity index (χ1v) is 7.42. The average molecular weight is 319 g/mol. The zero-order valence-corrected chi connectivity index (χ0v) is 13.6. The Hall–Kier alpha value is -2.41. The highest BCUT2D eigenvalue weighted by Crippen LogP contribution is 2.42. The van der Waals surface area contributed by atoms with Crippen LogP contribution >= 0.6 is 0 Å². The van der Waals surface area contributed by atoms with Gasteiger partial charge in [0.1, 0.15) is 30.0 Å². The molecule has 1 aliphatic heterocycles. The molecule has 1 aliphatic rings. The first kappa shape index (κ1) is 18.6. The molecule has 0 aliphatic carbocycles. The van der Waals surface area contributed by atoms with Crippen molar-refractivity contribution in [1.29, 1.82) is 10.5 Å². The second-order valence-corrected chi connectivity index (χ2v) is 6.72. The van der Waals surface area contributed by atoms with Crippen LogP contribution in [0.2, 0.25) is 0 Å². The van der Waals surface area contributed by atoms with Gasteiger partial charge in [-0.05, 0) is 33.6 Å². The number of aldehydes is 2. The van der Waals surface area contributed by atoms with Gasteiger partial charge in [0.05, 0.1) is 12.1 Å². The van der Waals surface area contributed by atoms with E-state index in [0.717, 1.165) is 0 Å². The lowest BCUT2D eigenvalue weighted by Gasteiger charge is -2.44. The van der Waals surface area contributed by atoms with E-state index >= 15 is 0 Å². The van der Waals surface area contributed by atoms with Gasteiger partial charge in [0.15, 0.2) is 0 Å². The zero-order valence-electron chi connectivity index (χ0n) is 13.6. The van der Waals surface area contributed by atoms with E-state index in [4.69, 9.17) is 4.74 Å². The normalized spacial score (nSPS) is 23.8. The Morgan fingerprint density at radius 2 is 1.74 bits per heavy atom. The van der Waals surface area contributed by atoms with Crippen molar-refractivity contribution in [3.8, 4) is 12.1 Å². The summed E-state index contributed by atoms with van der Waals surface area (Å²) in [6, 6.07) is 3.72. The molecule has 1 rings (SSSR count). The number of nitriles is 2. The molecular formula is C16H21N3O4. The summed E-state index contributed by atoms with van der Waals surface area (Å²) >= 11 is 0. The fourth-order valence-corrected chi connectivity index (χ4v) is 2.88. The van der Waals surface area contributed by atoms with Crippen molar-refractivity contribution in [3.63, 3.8) is 0 Å². The maximum absolute atomic E-state index is 12.3. The lowest BCUT2D eigenvalue weighted by Crippen LogP contribution is -2.54. The van der Waals surface area contributed by atoms with E-state index in [2.05, 4.69) is 0 Å². The number of nitrogens with zero attached hydrogens (tertiary/aromatic N) is 3. The zero-order chi connectivity index (χ0) is 17.7. The Labute approximate surface area is 135 Å². The van der Waals surface area contributed by atoms with Crippen LogP contribution in [0.15, 0.2) is 0 Å². The van der Waals surface area contributed by atoms with Gasteiger partial charge in [0.25, 0.3) is 0 Å². The van der Waals surface area contributed by atoms with Gasteiger partial charge in [-0.15, -0.1) is 0 Å². The molecule has 0 aromatic heterocycles. The number of piperidine rings is 1. The highest BCUT2D eigenvalue weighted by atomic mass is 16.6. The number of hydrogen-bond donors (Lipinski definition) is 0. The standard InChI is InChI=1S/C16H21N3O4/c1-15(2,3)23-14(22)19-6-4-5-16(11-19,12(7-17)9-20)13(8-18)10-21/h9-10,12-13H,4-6,11H2,1-3H3. The quantitative estimate of drug-likeness (QED) is 0.729. The van der Waals surface area contributed by atoms with Crippen LogP contribution in [0.4, 0.5) is 4.79 Å². The van der Waals surface area contributed by atoms with Crippen LogP contribution < -0.4 is 0 Å². The third kappa shape index (κ3) is 4.07. The van der Waals surface area contributed by atoms with Gasteiger partial charge in [-0.1, -0.05) is 0 Å². The van der Waals surface area contributed by atoms with Gasteiger partial charge in [-0.25, -0.2) is 4.79 Å². The van der Waals surface area contributed by atoms with Crippen LogP contribution in [0, 0.1) is 39.9 Å². The highest BCUT2D eigenvalue weighted by molar-refractivity contribution is 5.70. The van der Waals surface area contributed by atoms with Crippen molar-refractivity contribution in [2.75, 3.05) is 13.1 Å². The molecule has 0 bridgehead atoms. The van der Waals surface area contributed by atoms with Gasteiger partial charge >= 0.3 is 6.09 Å². The summed E-state index contributed by atoms with van der Waals surface area (Å²) in [6.45, 7) is 5.56. The van der Waals surface area contributed by atoms with Crippen LogP contribution in [-0.4, -0.2) is 42.3 Å². The Kier molecular flexibility index (Phi) is 5.86. The third-order valence-corrected chi connectivity index (χ3v) is 4.00. The molecule has 0 spiro atoms. The van der Waals surface area contributed by atoms with Crippen molar-refractivity contribution in [3.05, 3.63) is 0 Å². The van der Waals surface area contributed by atoms with Gasteiger partial charge in [-0.3, -0.25) is 0 Å². The number of rotatable bonds is 4. The molecule has 7 nitrogen and oxygen atoms in total. The average Bonchev–Trinajstić information content (AvgIpc) is 2.48. The van der Waals surface area contributed by atoms with Crippen LogP contribution in [0.5, 0.6) is 0 Å². The van der Waals surface area contributed by atoms with Crippen molar-refractivity contribution < 1.29 is 19.1 Å². The number of amides is 1. The molecule has 1 fully saturated rings. The SMILES string of the molecule is CC(C)(C)OC(=O)N1CCCC(C(C#N)C=O)(C(C#N)C=O)C1. The fraction of sp³-hybridized carbons (Fsp3) is 0.688. The molecule has 0 radical (unpaired) electrons. The highest BCUT2D eigenvalue weighted by Gasteiger charge is 2.50. The van der Waals surface area contributed by atoms with Crippen molar-refractivity contribution in [2.45, 2.75) is 39.2 Å². The Bertz CT molecular complexity index is 527. The predicted molar refractivity (Wildman–Crippen MR) is 79.8 cm³/mol. The number of ether oxygens (including phenoxy) is 1. The van der Waals surface area contributed by atoms with Crippen LogP contribution in [-0.2, 0) is 14.3 Å². The first-order chi connectivity index (χ1) is 10.7. The Morgan fingerprint density at radius 1 is 1.22 bits per heavy atom. The summed E-state index contributed by atoms with van der Waals surface area (Å²) in [6.07, 6.45) is 1.16. The number of carbonyl (C=O) groups excluding carboxylic acids is 3. The number of hydrogen-bond acceptors (Lipinski definition) is 6. The summed E-state index contributed by atoms with van der Waals surface area (Å²) in [5.74, 6) is -2.27. The summed E-state index contributed by atoms with van der Waals surface area (Å²) < 4.78 is 5.31. The van der Waals surface area contributed by atoms with E-state index in [1.807, 2.05) is 12.1 Å². The van der Waals surface area contributed by atoms with Gasteiger partial charge < -0.3 is 19.2 Å². The topological polar surface area (TPSA) is 111 Å². The van der Waals surface area contributed by atoms with Crippen molar-refractivity contribution in [2.24, 2.45) is 17.3 Å². The minimum atomic E-state index is -1.19. The van der Waals surface area contributed by atoms with Gasteiger partial charge in [0.2, 0.25) is 0 Å². The maximum atomic E-state index is 12.3. The summed E-state index contributed by atoms with van der Waals surface area (Å²) in [4.78, 5) is 36.2. The van der Waals surface area contributed by atoms with E-state index in [-0.39, 0.29) is 6.54 Å². The molecule has 1 heterocycles. The van der Waals surface area contributed by atoms with Gasteiger partial charge in [-0.2, -0.15) is 10.5 Å². The Morgan fingerprint density at radius 3 is 2.13 bits per heavy atom. The van der Waals surface area contributed by atoms with Crippen molar-refractivity contribution >= 4 is 18.7 Å². The molecule has 7 heteroatoms. The second kappa shape index (κ2) is 7.23. The van der Waals surface area contributed by atoms with E-state index in [1.165, 1.54) is 4.90 Å². The summed E-state index contributed by atoms with van der Waals surface area (Å²) in [5, 5.41) is 18.5. The second-order valence-electron chi connectivity index (χ2n) is 6.72. The molecule has 0 N–H and O–H groups in total. The lowest BCUT2D eigenvalue weighted by atomic mass is 9.63. The molecule has 23 heavy (non-hydrogen) atoms. The number of likely N-dealkylation sites (tertiary alicyclic amines) is 1. The minimum Gasteiger partial charge on any atom is -0.444 e. The van der Waals surface area contributed by atoms with Crippen LogP contribution in [0.1, 0.15) is 33.6 Å². The molecule has 1 saturated heterocycles. The molecule has 2 unspecified atom stereocenters. The molecule has 0 aromatic rings. The van der Waals surface area contributed by atoms with E-state index < -0.39 is 28.9 Å². The summed E-state index contributed by atoms with van der Waals surface area (Å²) in [5.41, 5.74) is -1.88. The number of carbonyl (C=O) groups is 3. The largest absolute Gasteiger partial charge is 0.444 e. The monoisotopic (exact) mass is 319 g/mol. The fourth-order valence-electron chi connectivity index (χ4n) is 2.88. The Balaban J connectivity index is 3.15. The van der Waals surface area contributed by atoms with E-state index in [9.17, 15) is 24.9 Å². The smallest absolute Gasteiger partial charge is 0.410 e. The lowest BCUT2D eigenvalue weighted by molar-refractivity contribution is -0.121. The van der Waals surface area contributed by atoms with Crippen LogP contribution in [0.25, 0.3) is 0 Å². The summed E-state index contributed by atoms with van der Waals surface area (Å²) in [7, 11) is 0. The van der Waals surface area contributed by atoms with E-state index in [0.29, 0.717) is 32.0 Å². The first-order valence-electron chi connectivity index (χ1n) is 7.42.